The van der Waals surface area contributed by atoms with Crippen LogP contribution in [0.25, 0.3) is 0 Å². The average molecular weight is 301 g/mol. The lowest BCUT2D eigenvalue weighted by molar-refractivity contribution is -0.384. The molecular formula is C16H15NO5. The highest BCUT2D eigenvalue weighted by Crippen LogP contribution is 2.25. The highest BCUT2D eigenvalue weighted by molar-refractivity contribution is 5.76. The van der Waals surface area contributed by atoms with Crippen molar-refractivity contribution in [2.24, 2.45) is 0 Å². The van der Waals surface area contributed by atoms with Crippen LogP contribution < -0.4 is 4.74 Å². The Bertz CT molecular complexity index is 681. The summed E-state index contributed by atoms with van der Waals surface area (Å²) in [5.41, 5.74) is 1.29. The van der Waals surface area contributed by atoms with Crippen molar-refractivity contribution >= 4 is 11.7 Å². The fraction of sp³-hybridized carbons (Fsp3) is 0.188. The van der Waals surface area contributed by atoms with Gasteiger partial charge in [-0.1, -0.05) is 24.3 Å². The quantitative estimate of drug-likeness (QED) is 0.654. The van der Waals surface area contributed by atoms with E-state index in [4.69, 9.17) is 4.74 Å². The number of nitro benzene ring substituents is 1. The molecule has 0 spiro atoms. The Morgan fingerprint density at radius 3 is 2.50 bits per heavy atom. The van der Waals surface area contributed by atoms with Crippen LogP contribution in [0, 0.1) is 10.1 Å². The molecule has 1 N–H and O–H groups in total. The zero-order valence-electron chi connectivity index (χ0n) is 11.9. The summed E-state index contributed by atoms with van der Waals surface area (Å²) in [6, 6.07) is 12.8. The fourth-order valence-corrected chi connectivity index (χ4v) is 2.21. The zero-order valence-corrected chi connectivity index (χ0v) is 11.9. The minimum absolute atomic E-state index is 0.0609. The van der Waals surface area contributed by atoms with Gasteiger partial charge in [0.2, 0.25) is 0 Å². The van der Waals surface area contributed by atoms with Gasteiger partial charge in [-0.15, -0.1) is 0 Å². The fourth-order valence-electron chi connectivity index (χ4n) is 2.21. The molecule has 114 valence electrons. The van der Waals surface area contributed by atoms with E-state index in [0.29, 0.717) is 11.3 Å². The summed E-state index contributed by atoms with van der Waals surface area (Å²) in [6.45, 7) is 0. The maximum Gasteiger partial charge on any atom is 0.311 e. The number of aliphatic carboxylic acids is 1. The van der Waals surface area contributed by atoms with Crippen LogP contribution in [0.3, 0.4) is 0 Å². The number of rotatable bonds is 6. The molecular weight excluding hydrogens is 286 g/mol. The van der Waals surface area contributed by atoms with Crippen LogP contribution >= 0.6 is 0 Å². The van der Waals surface area contributed by atoms with Crippen LogP contribution in [-0.2, 0) is 11.2 Å². The lowest BCUT2D eigenvalue weighted by Crippen LogP contribution is -2.14. The van der Waals surface area contributed by atoms with Gasteiger partial charge in [-0.05, 0) is 29.7 Å². The standard InChI is InChI=1S/C16H15NO5/c1-22-14-4-2-3-11(9-14)10-15(16(18)19)12-5-7-13(8-6-12)17(20)21/h2-9,15H,10H2,1H3,(H,18,19). The number of hydrogen-bond acceptors (Lipinski definition) is 4. The lowest BCUT2D eigenvalue weighted by Gasteiger charge is -2.13. The van der Waals surface area contributed by atoms with Crippen molar-refractivity contribution in [1.29, 1.82) is 0 Å². The molecule has 0 aliphatic heterocycles. The van der Waals surface area contributed by atoms with Crippen molar-refractivity contribution < 1.29 is 19.6 Å². The van der Waals surface area contributed by atoms with Gasteiger partial charge < -0.3 is 9.84 Å². The molecule has 1 atom stereocenters. The maximum atomic E-state index is 11.5. The Morgan fingerprint density at radius 2 is 1.95 bits per heavy atom. The summed E-state index contributed by atoms with van der Waals surface area (Å²) in [4.78, 5) is 21.7. The van der Waals surface area contributed by atoms with E-state index in [-0.39, 0.29) is 12.1 Å². The number of nitrogens with zero attached hydrogens (tertiary/aromatic N) is 1. The minimum Gasteiger partial charge on any atom is -0.497 e. The smallest absolute Gasteiger partial charge is 0.311 e. The summed E-state index contributed by atoms with van der Waals surface area (Å²) in [6.07, 6.45) is 0.282. The predicted octanol–water partition coefficient (Wildman–Crippen LogP) is 3.01. The molecule has 0 radical (unpaired) electrons. The van der Waals surface area contributed by atoms with E-state index >= 15 is 0 Å². The summed E-state index contributed by atoms with van der Waals surface area (Å²) in [5, 5.41) is 20.1. The normalized spacial score (nSPS) is 11.7. The first-order valence-electron chi connectivity index (χ1n) is 6.61. The van der Waals surface area contributed by atoms with Crippen molar-refractivity contribution in [3.63, 3.8) is 0 Å². The van der Waals surface area contributed by atoms with Crippen LogP contribution in [0.1, 0.15) is 17.0 Å². The second-order valence-corrected chi connectivity index (χ2v) is 4.80. The van der Waals surface area contributed by atoms with Gasteiger partial charge in [-0.3, -0.25) is 14.9 Å². The first-order valence-corrected chi connectivity index (χ1v) is 6.61. The van der Waals surface area contributed by atoms with E-state index < -0.39 is 16.8 Å². The van der Waals surface area contributed by atoms with E-state index in [1.807, 2.05) is 6.07 Å². The Morgan fingerprint density at radius 1 is 1.27 bits per heavy atom. The monoisotopic (exact) mass is 301 g/mol. The third-order valence-corrected chi connectivity index (χ3v) is 3.38. The number of nitro groups is 1. The van der Waals surface area contributed by atoms with Gasteiger partial charge in [0.25, 0.3) is 5.69 Å². The van der Waals surface area contributed by atoms with E-state index in [2.05, 4.69) is 0 Å². The van der Waals surface area contributed by atoms with Gasteiger partial charge in [0, 0.05) is 12.1 Å². The number of carboxylic acids is 1. The molecule has 1 unspecified atom stereocenters. The van der Waals surface area contributed by atoms with E-state index in [1.165, 1.54) is 24.3 Å². The average Bonchev–Trinajstić information content (AvgIpc) is 2.52. The SMILES string of the molecule is COc1cccc(CC(C(=O)O)c2ccc([N+](=O)[O-])cc2)c1. The van der Waals surface area contributed by atoms with E-state index in [1.54, 1.807) is 25.3 Å². The van der Waals surface area contributed by atoms with Gasteiger partial charge >= 0.3 is 5.97 Å². The Kier molecular flexibility index (Phi) is 4.73. The Labute approximate surface area is 127 Å². The van der Waals surface area contributed by atoms with E-state index in [0.717, 1.165) is 5.56 Å². The maximum absolute atomic E-state index is 11.5. The summed E-state index contributed by atoms with van der Waals surface area (Å²) < 4.78 is 5.12. The Hall–Kier alpha value is -2.89. The van der Waals surface area contributed by atoms with Gasteiger partial charge in [-0.25, -0.2) is 0 Å². The van der Waals surface area contributed by atoms with Crippen molar-refractivity contribution in [2.75, 3.05) is 7.11 Å². The second kappa shape index (κ2) is 6.71. The van der Waals surface area contributed by atoms with Gasteiger partial charge in [0.05, 0.1) is 18.0 Å². The van der Waals surface area contributed by atoms with Crippen molar-refractivity contribution in [3.05, 3.63) is 69.8 Å². The molecule has 6 heteroatoms. The highest BCUT2D eigenvalue weighted by Gasteiger charge is 2.21. The number of ether oxygens (including phenoxy) is 1. The summed E-state index contributed by atoms with van der Waals surface area (Å²) >= 11 is 0. The molecule has 6 nitrogen and oxygen atoms in total. The molecule has 0 aliphatic carbocycles. The highest BCUT2D eigenvalue weighted by atomic mass is 16.6. The second-order valence-electron chi connectivity index (χ2n) is 4.80. The third kappa shape index (κ3) is 3.60. The van der Waals surface area contributed by atoms with Gasteiger partial charge in [0.15, 0.2) is 0 Å². The van der Waals surface area contributed by atoms with Crippen molar-refractivity contribution in [3.8, 4) is 5.75 Å². The van der Waals surface area contributed by atoms with Crippen LogP contribution in [0.5, 0.6) is 5.75 Å². The molecule has 0 aliphatic rings. The van der Waals surface area contributed by atoms with E-state index in [9.17, 15) is 20.0 Å². The first kappa shape index (κ1) is 15.5. The summed E-state index contributed by atoms with van der Waals surface area (Å²) in [5.74, 6) is -1.09. The van der Waals surface area contributed by atoms with Crippen molar-refractivity contribution in [1.82, 2.24) is 0 Å². The third-order valence-electron chi connectivity index (χ3n) is 3.38. The van der Waals surface area contributed by atoms with Gasteiger partial charge in [-0.2, -0.15) is 0 Å². The Balaban J connectivity index is 2.26. The number of carbonyl (C=O) groups is 1. The predicted molar refractivity (Wildman–Crippen MR) is 80.2 cm³/mol. The molecule has 2 rings (SSSR count). The molecule has 0 bridgehead atoms. The first-order chi connectivity index (χ1) is 10.5. The van der Waals surface area contributed by atoms with Crippen LogP contribution in [0.15, 0.2) is 48.5 Å². The molecule has 2 aromatic carbocycles. The number of carboxylic acid groups (broad SMARTS) is 1. The van der Waals surface area contributed by atoms with Crippen LogP contribution in [-0.4, -0.2) is 23.1 Å². The number of benzene rings is 2. The number of non-ortho nitro benzene ring substituents is 1. The zero-order chi connectivity index (χ0) is 16.1. The van der Waals surface area contributed by atoms with Crippen LogP contribution in [0.4, 0.5) is 5.69 Å². The van der Waals surface area contributed by atoms with Crippen LogP contribution in [0.2, 0.25) is 0 Å². The number of hydrogen-bond donors (Lipinski definition) is 1. The molecule has 0 saturated carbocycles. The van der Waals surface area contributed by atoms with Gasteiger partial charge in [0.1, 0.15) is 5.75 Å². The van der Waals surface area contributed by atoms with Crippen molar-refractivity contribution in [2.45, 2.75) is 12.3 Å². The molecule has 0 aromatic heterocycles. The number of methoxy groups -OCH3 is 1. The lowest BCUT2D eigenvalue weighted by atomic mass is 9.92. The molecule has 0 heterocycles. The molecule has 2 aromatic rings. The molecule has 22 heavy (non-hydrogen) atoms. The molecule has 0 amide bonds. The minimum atomic E-state index is -0.975. The topological polar surface area (TPSA) is 89.7 Å². The molecule has 0 fully saturated rings. The molecule has 0 saturated heterocycles. The summed E-state index contributed by atoms with van der Waals surface area (Å²) in [7, 11) is 1.55. The largest absolute Gasteiger partial charge is 0.497 e.